The van der Waals surface area contributed by atoms with Crippen molar-refractivity contribution in [2.24, 2.45) is 0 Å². The summed E-state index contributed by atoms with van der Waals surface area (Å²) in [5.74, 6) is 0. The Bertz CT molecular complexity index is 721. The molecule has 3 aromatic rings. The third-order valence-corrected chi connectivity index (χ3v) is 2.99. The van der Waals surface area contributed by atoms with Crippen molar-refractivity contribution >= 4 is 16.4 Å². The minimum absolute atomic E-state index is 0.0447. The first-order valence-electron chi connectivity index (χ1n) is 5.41. The number of hydrogen-bond acceptors (Lipinski definition) is 1. The van der Waals surface area contributed by atoms with E-state index in [-0.39, 0.29) is 5.56 Å². The summed E-state index contributed by atoms with van der Waals surface area (Å²) < 4.78 is 1.94. The van der Waals surface area contributed by atoms with E-state index in [1.54, 1.807) is 6.20 Å². The van der Waals surface area contributed by atoms with Crippen molar-refractivity contribution in [3.63, 3.8) is 0 Å². The molecule has 0 saturated carbocycles. The van der Waals surface area contributed by atoms with E-state index in [2.05, 4.69) is 30.1 Å². The molecule has 0 atom stereocenters. The molecule has 0 bridgehead atoms. The Morgan fingerprint density at radius 1 is 1.25 bits per heavy atom. The molecular weight excluding hydrogens is 200 g/mol. The number of rotatable bonds is 1. The van der Waals surface area contributed by atoms with Gasteiger partial charge in [-0.1, -0.05) is 19.1 Å². The molecule has 80 valence electrons. The molecule has 0 fully saturated rings. The highest BCUT2D eigenvalue weighted by Crippen LogP contribution is 2.19. The first-order chi connectivity index (χ1) is 7.79. The molecule has 3 nitrogen and oxygen atoms in total. The summed E-state index contributed by atoms with van der Waals surface area (Å²) >= 11 is 0. The van der Waals surface area contributed by atoms with Gasteiger partial charge in [-0.25, -0.2) is 0 Å². The van der Waals surface area contributed by atoms with Crippen molar-refractivity contribution in [1.82, 2.24) is 9.38 Å². The monoisotopic (exact) mass is 212 g/mol. The SMILES string of the molecule is CCc1ccc2cc3c(=O)[nH]ccn3c2c1. The van der Waals surface area contributed by atoms with Gasteiger partial charge >= 0.3 is 0 Å². The smallest absolute Gasteiger partial charge is 0.272 e. The van der Waals surface area contributed by atoms with Crippen LogP contribution >= 0.6 is 0 Å². The van der Waals surface area contributed by atoms with E-state index in [0.717, 1.165) is 17.3 Å². The Kier molecular flexibility index (Phi) is 1.86. The third-order valence-electron chi connectivity index (χ3n) is 2.99. The summed E-state index contributed by atoms with van der Waals surface area (Å²) in [6, 6.07) is 8.24. The Morgan fingerprint density at radius 2 is 2.12 bits per heavy atom. The molecule has 3 heteroatoms. The maximum absolute atomic E-state index is 11.6. The molecule has 3 rings (SSSR count). The Labute approximate surface area is 92.3 Å². The fourth-order valence-corrected chi connectivity index (χ4v) is 2.08. The van der Waals surface area contributed by atoms with Crippen LogP contribution in [0, 0.1) is 0 Å². The second kappa shape index (κ2) is 3.23. The molecule has 1 N–H and O–H groups in total. The Balaban J connectivity index is 2.52. The zero-order chi connectivity index (χ0) is 11.1. The van der Waals surface area contributed by atoms with Crippen molar-refractivity contribution in [3.8, 4) is 0 Å². The number of H-pyrrole nitrogens is 1. The molecule has 0 aliphatic rings. The number of benzene rings is 1. The highest BCUT2D eigenvalue weighted by molar-refractivity contribution is 5.87. The minimum atomic E-state index is -0.0447. The molecule has 0 aliphatic heterocycles. The maximum atomic E-state index is 11.6. The minimum Gasteiger partial charge on any atom is -0.326 e. The van der Waals surface area contributed by atoms with Gasteiger partial charge in [-0.3, -0.25) is 4.79 Å². The van der Waals surface area contributed by atoms with Gasteiger partial charge < -0.3 is 9.38 Å². The molecular formula is C13H12N2O. The van der Waals surface area contributed by atoms with E-state index >= 15 is 0 Å². The van der Waals surface area contributed by atoms with Gasteiger partial charge in [-0.05, 0) is 24.1 Å². The van der Waals surface area contributed by atoms with Gasteiger partial charge in [0.25, 0.3) is 5.56 Å². The summed E-state index contributed by atoms with van der Waals surface area (Å²) in [5, 5.41) is 1.11. The summed E-state index contributed by atoms with van der Waals surface area (Å²) in [7, 11) is 0. The van der Waals surface area contributed by atoms with Crippen LogP contribution in [0.4, 0.5) is 0 Å². The van der Waals surface area contributed by atoms with Gasteiger partial charge in [-0.15, -0.1) is 0 Å². The molecule has 0 radical (unpaired) electrons. The summed E-state index contributed by atoms with van der Waals surface area (Å²) in [6.07, 6.45) is 4.57. The average molecular weight is 212 g/mol. The van der Waals surface area contributed by atoms with Crippen molar-refractivity contribution < 1.29 is 0 Å². The second-order valence-corrected chi connectivity index (χ2v) is 3.94. The number of hydrogen-bond donors (Lipinski definition) is 1. The number of nitrogens with zero attached hydrogens (tertiary/aromatic N) is 1. The van der Waals surface area contributed by atoms with Gasteiger partial charge in [-0.2, -0.15) is 0 Å². The van der Waals surface area contributed by atoms with Crippen LogP contribution in [-0.2, 0) is 6.42 Å². The predicted molar refractivity (Wildman–Crippen MR) is 64.9 cm³/mol. The lowest BCUT2D eigenvalue weighted by Gasteiger charge is -1.98. The molecule has 0 spiro atoms. The second-order valence-electron chi connectivity index (χ2n) is 3.94. The third kappa shape index (κ3) is 1.18. The van der Waals surface area contributed by atoms with Crippen molar-refractivity contribution in [1.29, 1.82) is 0 Å². The molecule has 2 aromatic heterocycles. The van der Waals surface area contributed by atoms with Gasteiger partial charge in [0.2, 0.25) is 0 Å². The first-order valence-corrected chi connectivity index (χ1v) is 5.41. The maximum Gasteiger partial charge on any atom is 0.272 e. The summed E-state index contributed by atoms with van der Waals surface area (Å²) in [4.78, 5) is 14.3. The largest absolute Gasteiger partial charge is 0.326 e. The summed E-state index contributed by atoms with van der Waals surface area (Å²) in [6.45, 7) is 2.13. The molecule has 2 heterocycles. The number of aromatic nitrogens is 2. The van der Waals surface area contributed by atoms with Crippen molar-refractivity contribution in [3.05, 3.63) is 52.6 Å². The van der Waals surface area contributed by atoms with Gasteiger partial charge in [0.1, 0.15) is 5.52 Å². The van der Waals surface area contributed by atoms with E-state index < -0.39 is 0 Å². The molecule has 16 heavy (non-hydrogen) atoms. The lowest BCUT2D eigenvalue weighted by atomic mass is 10.1. The van der Waals surface area contributed by atoms with Crippen molar-refractivity contribution in [2.45, 2.75) is 13.3 Å². The average Bonchev–Trinajstić information content (AvgIpc) is 2.68. The molecule has 0 amide bonds. The zero-order valence-electron chi connectivity index (χ0n) is 9.03. The summed E-state index contributed by atoms with van der Waals surface area (Å²) in [5.41, 5.74) is 3.04. The van der Waals surface area contributed by atoms with E-state index in [9.17, 15) is 4.79 Å². The van der Waals surface area contributed by atoms with Crippen molar-refractivity contribution in [2.75, 3.05) is 0 Å². The van der Waals surface area contributed by atoms with Crippen LogP contribution < -0.4 is 5.56 Å². The lowest BCUT2D eigenvalue weighted by molar-refractivity contribution is 1.12. The van der Waals surface area contributed by atoms with E-state index in [1.807, 2.05) is 16.7 Å². The van der Waals surface area contributed by atoms with Crippen LogP contribution in [0.25, 0.3) is 16.4 Å². The van der Waals surface area contributed by atoms with Crippen LogP contribution in [0.2, 0.25) is 0 Å². The number of aryl methyl sites for hydroxylation is 1. The first kappa shape index (κ1) is 9.21. The standard InChI is InChI=1S/C13H12N2O/c1-2-9-3-4-10-8-12-13(16)14-5-6-15(12)11(10)7-9/h3-8H,2H2,1H3,(H,14,16). The van der Waals surface area contributed by atoms with Gasteiger partial charge in [0, 0.05) is 17.8 Å². The highest BCUT2D eigenvalue weighted by Gasteiger charge is 2.05. The van der Waals surface area contributed by atoms with Crippen LogP contribution in [0.5, 0.6) is 0 Å². The molecule has 0 unspecified atom stereocenters. The number of aromatic amines is 1. The predicted octanol–water partition coefficient (Wildman–Crippen LogP) is 2.34. The van der Waals surface area contributed by atoms with Gasteiger partial charge in [0.15, 0.2) is 0 Å². The topological polar surface area (TPSA) is 37.3 Å². The fourth-order valence-electron chi connectivity index (χ4n) is 2.08. The highest BCUT2D eigenvalue weighted by atomic mass is 16.1. The Hall–Kier alpha value is -2.03. The van der Waals surface area contributed by atoms with E-state index in [1.165, 1.54) is 5.56 Å². The van der Waals surface area contributed by atoms with Crippen LogP contribution in [0.3, 0.4) is 0 Å². The lowest BCUT2D eigenvalue weighted by Crippen LogP contribution is -2.06. The normalized spacial score (nSPS) is 11.3. The quantitative estimate of drug-likeness (QED) is 0.660. The van der Waals surface area contributed by atoms with E-state index in [0.29, 0.717) is 5.52 Å². The molecule has 1 aromatic carbocycles. The zero-order valence-corrected chi connectivity index (χ0v) is 9.03. The van der Waals surface area contributed by atoms with Crippen LogP contribution in [0.15, 0.2) is 41.5 Å². The Morgan fingerprint density at radius 3 is 2.94 bits per heavy atom. The van der Waals surface area contributed by atoms with E-state index in [4.69, 9.17) is 0 Å². The molecule has 0 saturated heterocycles. The molecule has 0 aliphatic carbocycles. The van der Waals surface area contributed by atoms with Gasteiger partial charge in [0.05, 0.1) is 5.52 Å². The van der Waals surface area contributed by atoms with Crippen LogP contribution in [0.1, 0.15) is 12.5 Å². The van der Waals surface area contributed by atoms with Crippen LogP contribution in [-0.4, -0.2) is 9.38 Å². The number of fused-ring (bicyclic) bond motifs is 3. The number of nitrogens with one attached hydrogen (secondary N) is 1. The fraction of sp³-hybridized carbons (Fsp3) is 0.154.